The molecule has 2 aliphatic heterocycles. The Bertz CT molecular complexity index is 1320. The molecule has 2 nitrogen and oxygen atoms in total. The maximum atomic E-state index is 2.53. The Morgan fingerprint density at radius 3 is 1.52 bits per heavy atom. The number of hydrogen-bond acceptors (Lipinski definition) is 2. The van der Waals surface area contributed by atoms with Gasteiger partial charge in [0.1, 0.15) is 0 Å². The Morgan fingerprint density at radius 1 is 0.545 bits per heavy atom. The standard InChI is InChI=1S/C30H34BN2/c1-18-11-21(4)27(22(5)12-18)31-17-26-16-20(3)15-25(8)29(26)33-10-9-32(30(31)33)28-23(6)13-19(2)14-24(28)7/h9-17,30H,1-8H3/q-1. The van der Waals surface area contributed by atoms with Crippen molar-refractivity contribution >= 4 is 29.2 Å². The highest BCUT2D eigenvalue weighted by atomic mass is 15.4. The summed E-state index contributed by atoms with van der Waals surface area (Å²) < 4.78 is 0. The summed E-state index contributed by atoms with van der Waals surface area (Å²) in [7, 11) is 0. The molecule has 0 amide bonds. The van der Waals surface area contributed by atoms with E-state index in [2.05, 4.69) is 120 Å². The third-order valence-electron chi connectivity index (χ3n) is 7.34. The van der Waals surface area contributed by atoms with Crippen molar-refractivity contribution in [1.82, 2.24) is 0 Å². The lowest BCUT2D eigenvalue weighted by atomic mass is 9.48. The van der Waals surface area contributed by atoms with E-state index >= 15 is 0 Å². The lowest BCUT2D eigenvalue weighted by Gasteiger charge is -2.48. The molecule has 2 aliphatic rings. The first-order chi connectivity index (χ1) is 15.7. The number of anilines is 2. The highest BCUT2D eigenvalue weighted by molar-refractivity contribution is 6.83. The van der Waals surface area contributed by atoms with Crippen molar-refractivity contribution in [3.8, 4) is 0 Å². The van der Waals surface area contributed by atoms with E-state index in [4.69, 9.17) is 0 Å². The van der Waals surface area contributed by atoms with Gasteiger partial charge in [0, 0.05) is 23.8 Å². The van der Waals surface area contributed by atoms with Gasteiger partial charge < -0.3 is 9.80 Å². The number of fused-ring (bicyclic) bond motifs is 3. The average Bonchev–Trinajstić information content (AvgIpc) is 3.10. The van der Waals surface area contributed by atoms with Crippen molar-refractivity contribution < 1.29 is 0 Å². The monoisotopic (exact) mass is 433 g/mol. The molecule has 0 aromatic heterocycles. The van der Waals surface area contributed by atoms with Crippen LogP contribution in [0.25, 0.3) is 0 Å². The molecule has 0 N–H and O–H groups in total. The molecule has 0 saturated heterocycles. The Balaban J connectivity index is 1.79. The maximum absolute atomic E-state index is 2.53. The summed E-state index contributed by atoms with van der Waals surface area (Å²) in [5.41, 5.74) is 16.2. The van der Waals surface area contributed by atoms with E-state index in [0.717, 1.165) is 0 Å². The fourth-order valence-corrected chi connectivity index (χ4v) is 6.49. The fraction of sp³-hybridized carbons (Fsp3) is 0.300. The fourth-order valence-electron chi connectivity index (χ4n) is 6.49. The Kier molecular flexibility index (Phi) is 5.12. The summed E-state index contributed by atoms with van der Waals surface area (Å²) in [6.07, 6.45) is 4.85. The van der Waals surface area contributed by atoms with Gasteiger partial charge in [0.25, 0.3) is 0 Å². The largest absolute Gasteiger partial charge is 0.361 e. The van der Waals surface area contributed by atoms with Crippen molar-refractivity contribution in [3.05, 3.63) is 98.9 Å². The minimum atomic E-state index is 0.180. The second kappa shape index (κ2) is 7.76. The van der Waals surface area contributed by atoms with E-state index in [9.17, 15) is 0 Å². The molecule has 33 heavy (non-hydrogen) atoms. The highest BCUT2D eigenvalue weighted by Crippen LogP contribution is 2.39. The van der Waals surface area contributed by atoms with Crippen molar-refractivity contribution in [3.63, 3.8) is 0 Å². The van der Waals surface area contributed by atoms with Gasteiger partial charge in [0.15, 0.2) is 0 Å². The van der Waals surface area contributed by atoms with Crippen molar-refractivity contribution in [2.45, 2.75) is 61.5 Å². The van der Waals surface area contributed by atoms with Crippen LogP contribution in [0.5, 0.6) is 0 Å². The third kappa shape index (κ3) is 3.46. The molecule has 1 unspecified atom stereocenters. The Labute approximate surface area is 199 Å². The van der Waals surface area contributed by atoms with Crippen LogP contribution in [-0.2, 0) is 0 Å². The van der Waals surface area contributed by atoms with E-state index in [1.165, 1.54) is 66.9 Å². The second-order valence-electron chi connectivity index (χ2n) is 10.3. The number of hydrogen-bond donors (Lipinski definition) is 0. The molecule has 1 atom stereocenters. The van der Waals surface area contributed by atoms with E-state index in [1.807, 2.05) is 0 Å². The molecule has 5 rings (SSSR count). The molecule has 168 valence electrons. The molecule has 0 fully saturated rings. The minimum Gasteiger partial charge on any atom is -0.361 e. The van der Waals surface area contributed by atoms with Gasteiger partial charge in [-0.15, -0.1) is 0 Å². The van der Waals surface area contributed by atoms with E-state index in [1.54, 1.807) is 0 Å². The van der Waals surface area contributed by atoms with Gasteiger partial charge in [0.2, 0.25) is 0 Å². The third-order valence-corrected chi connectivity index (χ3v) is 7.34. The predicted molar refractivity (Wildman–Crippen MR) is 146 cm³/mol. The van der Waals surface area contributed by atoms with Gasteiger partial charge in [-0.25, -0.2) is 11.4 Å². The summed E-state index contributed by atoms with van der Waals surface area (Å²) in [6.45, 7) is 17.9. The zero-order valence-corrected chi connectivity index (χ0v) is 21.2. The molecule has 3 heteroatoms. The van der Waals surface area contributed by atoms with Crippen LogP contribution in [-0.4, -0.2) is 18.4 Å². The summed E-state index contributed by atoms with van der Waals surface area (Å²) in [5, 5.41) is 0. The van der Waals surface area contributed by atoms with Gasteiger partial charge in [0.05, 0.1) is 0 Å². The zero-order chi connectivity index (χ0) is 23.6. The Hall–Kier alpha value is -3.07. The van der Waals surface area contributed by atoms with Gasteiger partial charge in [-0.1, -0.05) is 70.6 Å². The van der Waals surface area contributed by atoms with E-state index in [-0.39, 0.29) is 12.4 Å². The van der Waals surface area contributed by atoms with Gasteiger partial charge >= 0.3 is 0 Å². The smallest absolute Gasteiger partial charge is 0.0460 e. The SMILES string of the molecule is Cc1cc(C)c([B-]2=Cc3cc(C)cc(C)c3N3C=CN(c4c(C)cc(C)cc4C)C23)c(C)c1. The lowest BCUT2D eigenvalue weighted by molar-refractivity contribution is 0.872. The van der Waals surface area contributed by atoms with Crippen LogP contribution in [0.15, 0.2) is 48.8 Å². The van der Waals surface area contributed by atoms with Crippen LogP contribution in [0.1, 0.15) is 50.1 Å². The van der Waals surface area contributed by atoms with Crippen LogP contribution in [0.2, 0.25) is 0 Å². The molecule has 0 bridgehead atoms. The van der Waals surface area contributed by atoms with Gasteiger partial charge in [-0.3, -0.25) is 0 Å². The molecule has 0 aliphatic carbocycles. The summed E-state index contributed by atoms with van der Waals surface area (Å²) >= 11 is 0. The average molecular weight is 433 g/mol. The second-order valence-corrected chi connectivity index (χ2v) is 10.3. The molecule has 0 radical (unpaired) electrons. The van der Waals surface area contributed by atoms with Crippen molar-refractivity contribution in [2.24, 2.45) is 0 Å². The van der Waals surface area contributed by atoms with Gasteiger partial charge in [-0.05, 0) is 83.7 Å². The molecule has 3 aromatic rings. The number of benzene rings is 3. The number of rotatable bonds is 2. The topological polar surface area (TPSA) is 6.48 Å². The van der Waals surface area contributed by atoms with Crippen molar-refractivity contribution in [2.75, 3.05) is 9.80 Å². The summed E-state index contributed by atoms with van der Waals surface area (Å²) in [4.78, 5) is 5.04. The first kappa shape index (κ1) is 21.8. The molecule has 3 aromatic carbocycles. The van der Waals surface area contributed by atoms with E-state index < -0.39 is 0 Å². The summed E-state index contributed by atoms with van der Waals surface area (Å²) in [5.74, 6) is 2.53. The zero-order valence-electron chi connectivity index (χ0n) is 21.2. The highest BCUT2D eigenvalue weighted by Gasteiger charge is 2.32. The lowest BCUT2D eigenvalue weighted by Crippen LogP contribution is -2.56. The minimum absolute atomic E-state index is 0.180. The quantitative estimate of drug-likeness (QED) is 0.460. The number of aryl methyl sites for hydroxylation is 8. The van der Waals surface area contributed by atoms with Crippen LogP contribution < -0.4 is 15.3 Å². The maximum Gasteiger partial charge on any atom is 0.0460 e. The first-order valence-corrected chi connectivity index (χ1v) is 12.0. The summed E-state index contributed by atoms with van der Waals surface area (Å²) in [6, 6.07) is 14.1. The molecule has 2 heterocycles. The van der Waals surface area contributed by atoms with E-state index in [0.29, 0.717) is 0 Å². The van der Waals surface area contributed by atoms with Crippen LogP contribution >= 0.6 is 0 Å². The molecular formula is C30H34BN2-. The predicted octanol–water partition coefficient (Wildman–Crippen LogP) is 5.96. The first-order valence-electron chi connectivity index (χ1n) is 12.0. The van der Waals surface area contributed by atoms with Crippen LogP contribution in [0.3, 0.4) is 0 Å². The molecule has 0 saturated carbocycles. The van der Waals surface area contributed by atoms with Gasteiger partial charge in [-0.2, -0.15) is 0 Å². The Morgan fingerprint density at radius 2 is 0.970 bits per heavy atom. The molecule has 0 spiro atoms. The molecular weight excluding hydrogens is 399 g/mol. The van der Waals surface area contributed by atoms with Crippen LogP contribution in [0.4, 0.5) is 11.4 Å². The van der Waals surface area contributed by atoms with Crippen LogP contribution in [0, 0.1) is 55.4 Å². The van der Waals surface area contributed by atoms with Crippen molar-refractivity contribution in [1.29, 1.82) is 0 Å². The number of nitrogens with zero attached hydrogens (tertiary/aromatic N) is 2. The normalized spacial score (nSPS) is 16.7.